The fraction of sp³-hybridized carbons (Fsp3) is 0.364. The molecule has 2 aromatic heterocycles. The van der Waals surface area contributed by atoms with Crippen molar-refractivity contribution in [3.8, 4) is 10.7 Å². The summed E-state index contributed by atoms with van der Waals surface area (Å²) >= 11 is 1.31. The second-order valence-electron chi connectivity index (χ2n) is 8.01. The van der Waals surface area contributed by atoms with Crippen LogP contribution in [0.2, 0.25) is 0 Å². The molecule has 31 heavy (non-hydrogen) atoms. The number of nitrogens with one attached hydrogen (secondary N) is 1. The van der Waals surface area contributed by atoms with E-state index in [4.69, 9.17) is 0 Å². The minimum absolute atomic E-state index is 0.0113. The van der Waals surface area contributed by atoms with Gasteiger partial charge >= 0.3 is 0 Å². The van der Waals surface area contributed by atoms with Crippen molar-refractivity contribution in [2.24, 2.45) is 7.05 Å². The molecule has 0 aliphatic carbocycles. The van der Waals surface area contributed by atoms with Gasteiger partial charge in [0.15, 0.2) is 0 Å². The summed E-state index contributed by atoms with van der Waals surface area (Å²) in [6.45, 7) is 7.31. The van der Waals surface area contributed by atoms with Gasteiger partial charge in [-0.25, -0.2) is 13.4 Å². The number of hydrogen-bond donors (Lipinski definition) is 1. The maximum absolute atomic E-state index is 12.9. The number of benzene rings is 1. The number of rotatable bonds is 5. The van der Waals surface area contributed by atoms with Gasteiger partial charge in [0.2, 0.25) is 0 Å². The molecule has 164 valence electrons. The smallest absolute Gasteiger partial charge is 0.265 e. The fourth-order valence-corrected chi connectivity index (χ4v) is 5.89. The lowest BCUT2D eigenvalue weighted by Crippen LogP contribution is -2.27. The molecule has 1 aromatic carbocycles. The topological polar surface area (TPSA) is 84.3 Å². The maximum Gasteiger partial charge on any atom is 0.265 e. The highest BCUT2D eigenvalue weighted by Crippen LogP contribution is 2.32. The average Bonchev–Trinajstić information content (AvgIpc) is 3.44. The first-order valence-electron chi connectivity index (χ1n) is 10.2. The Kier molecular flexibility index (Phi) is 5.65. The largest absolute Gasteiger partial charge is 0.347 e. The molecule has 0 atom stereocenters. The molecule has 3 aromatic rings. The van der Waals surface area contributed by atoms with Gasteiger partial charge in [-0.05, 0) is 62.9 Å². The standard InChI is InChI=1S/C22H26N4O3S2/c1-14-7-8-17(11-15(14)2)24-31(28,29)18-12-19(25(4)13-18)21-23-16(3)20(30-21)22(27)26-9-5-6-10-26/h7-8,11-13,24H,5-6,9-10H2,1-4H3. The summed E-state index contributed by atoms with van der Waals surface area (Å²) < 4.78 is 30.3. The van der Waals surface area contributed by atoms with Crippen molar-refractivity contribution in [1.82, 2.24) is 14.5 Å². The van der Waals surface area contributed by atoms with E-state index in [9.17, 15) is 13.2 Å². The van der Waals surface area contributed by atoms with Gasteiger partial charge in [-0.15, -0.1) is 11.3 Å². The molecule has 1 fully saturated rings. The van der Waals surface area contributed by atoms with E-state index >= 15 is 0 Å². The third kappa shape index (κ3) is 4.24. The molecule has 0 unspecified atom stereocenters. The maximum atomic E-state index is 12.9. The van der Waals surface area contributed by atoms with Crippen molar-refractivity contribution in [3.05, 3.63) is 52.2 Å². The number of carbonyl (C=O) groups excluding carboxylic acids is 1. The fourth-order valence-electron chi connectivity index (χ4n) is 3.68. The van der Waals surface area contributed by atoms with Crippen LogP contribution < -0.4 is 4.72 Å². The first kappa shape index (κ1) is 21.6. The summed E-state index contributed by atoms with van der Waals surface area (Å²) in [5, 5.41) is 0.634. The van der Waals surface area contributed by atoms with E-state index in [1.165, 1.54) is 11.3 Å². The molecule has 9 heteroatoms. The Morgan fingerprint density at radius 3 is 2.48 bits per heavy atom. The Morgan fingerprint density at radius 2 is 1.81 bits per heavy atom. The number of nitrogens with zero attached hydrogens (tertiary/aromatic N) is 3. The van der Waals surface area contributed by atoms with Crippen LogP contribution in [0.3, 0.4) is 0 Å². The van der Waals surface area contributed by atoms with Crippen molar-refractivity contribution < 1.29 is 13.2 Å². The average molecular weight is 459 g/mol. The van der Waals surface area contributed by atoms with Crippen LogP contribution in [0.1, 0.15) is 39.3 Å². The molecule has 7 nitrogen and oxygen atoms in total. The van der Waals surface area contributed by atoms with Gasteiger partial charge in [0.25, 0.3) is 15.9 Å². The Morgan fingerprint density at radius 1 is 1.10 bits per heavy atom. The lowest BCUT2D eigenvalue weighted by atomic mass is 10.1. The van der Waals surface area contributed by atoms with Crippen LogP contribution in [0.25, 0.3) is 10.7 Å². The number of aromatic nitrogens is 2. The SMILES string of the molecule is Cc1ccc(NS(=O)(=O)c2cc(-c3nc(C)c(C(=O)N4CCCC4)s3)n(C)c2)cc1C. The molecule has 1 N–H and O–H groups in total. The highest BCUT2D eigenvalue weighted by atomic mass is 32.2. The van der Waals surface area contributed by atoms with Crippen LogP contribution >= 0.6 is 11.3 Å². The molecule has 3 heterocycles. The van der Waals surface area contributed by atoms with E-state index in [2.05, 4.69) is 9.71 Å². The van der Waals surface area contributed by atoms with E-state index in [1.54, 1.807) is 29.9 Å². The van der Waals surface area contributed by atoms with Gasteiger partial charge in [0.1, 0.15) is 14.8 Å². The van der Waals surface area contributed by atoms with Crippen molar-refractivity contribution in [2.75, 3.05) is 17.8 Å². The predicted molar refractivity (Wildman–Crippen MR) is 123 cm³/mol. The third-order valence-corrected chi connectivity index (χ3v) is 8.17. The number of hydrogen-bond acceptors (Lipinski definition) is 5. The van der Waals surface area contributed by atoms with Gasteiger partial charge in [-0.3, -0.25) is 9.52 Å². The predicted octanol–water partition coefficient (Wildman–Crippen LogP) is 4.11. The zero-order valence-electron chi connectivity index (χ0n) is 18.1. The first-order valence-corrected chi connectivity index (χ1v) is 12.5. The Balaban J connectivity index is 1.62. The summed E-state index contributed by atoms with van der Waals surface area (Å²) in [6.07, 6.45) is 3.63. The van der Waals surface area contributed by atoms with Crippen LogP contribution in [-0.4, -0.2) is 41.9 Å². The molecule has 0 radical (unpaired) electrons. The molecule has 0 saturated carbocycles. The minimum Gasteiger partial charge on any atom is -0.347 e. The van der Waals surface area contributed by atoms with Crippen molar-refractivity contribution in [1.29, 1.82) is 0 Å². The number of anilines is 1. The summed E-state index contributed by atoms with van der Waals surface area (Å²) in [6, 6.07) is 7.06. The molecule has 0 bridgehead atoms. The van der Waals surface area contributed by atoms with Gasteiger partial charge in [-0.1, -0.05) is 6.07 Å². The molecular formula is C22H26N4O3S2. The van der Waals surface area contributed by atoms with Crippen molar-refractivity contribution in [3.63, 3.8) is 0 Å². The van der Waals surface area contributed by atoms with E-state index < -0.39 is 10.0 Å². The monoisotopic (exact) mass is 458 g/mol. The van der Waals surface area contributed by atoms with Crippen molar-refractivity contribution in [2.45, 2.75) is 38.5 Å². The number of carbonyl (C=O) groups is 1. The molecule has 1 saturated heterocycles. The summed E-state index contributed by atoms with van der Waals surface area (Å²) in [5.41, 5.74) is 3.98. The Bertz CT molecular complexity index is 1250. The first-order chi connectivity index (χ1) is 14.7. The molecule has 1 aliphatic heterocycles. The van der Waals surface area contributed by atoms with Gasteiger partial charge in [0.05, 0.1) is 11.4 Å². The normalized spacial score (nSPS) is 14.3. The van der Waals surface area contributed by atoms with Crippen LogP contribution in [0.5, 0.6) is 0 Å². The zero-order valence-corrected chi connectivity index (χ0v) is 19.7. The van der Waals surface area contributed by atoms with Crippen LogP contribution in [0.15, 0.2) is 35.4 Å². The van der Waals surface area contributed by atoms with Gasteiger partial charge < -0.3 is 9.47 Å². The number of likely N-dealkylation sites (tertiary alicyclic amines) is 1. The Labute approximate surface area is 186 Å². The van der Waals surface area contributed by atoms with E-state index in [0.717, 1.165) is 37.1 Å². The van der Waals surface area contributed by atoms with E-state index in [-0.39, 0.29) is 10.8 Å². The highest BCUT2D eigenvalue weighted by Gasteiger charge is 2.26. The zero-order chi connectivity index (χ0) is 22.3. The minimum atomic E-state index is -3.75. The lowest BCUT2D eigenvalue weighted by molar-refractivity contribution is 0.0796. The lowest BCUT2D eigenvalue weighted by Gasteiger charge is -2.13. The van der Waals surface area contributed by atoms with Crippen LogP contribution in [-0.2, 0) is 17.1 Å². The summed E-state index contributed by atoms with van der Waals surface area (Å²) in [5.74, 6) is 0.0113. The third-order valence-electron chi connectivity index (χ3n) is 5.65. The second-order valence-corrected chi connectivity index (χ2v) is 10.7. The molecule has 0 spiro atoms. The van der Waals surface area contributed by atoms with Gasteiger partial charge in [0, 0.05) is 32.0 Å². The van der Waals surface area contributed by atoms with Crippen LogP contribution in [0, 0.1) is 20.8 Å². The van der Waals surface area contributed by atoms with Crippen molar-refractivity contribution >= 4 is 33.0 Å². The molecule has 1 aliphatic rings. The number of aryl methyl sites for hydroxylation is 4. The number of amides is 1. The van der Waals surface area contributed by atoms with E-state index in [0.29, 0.717) is 27.0 Å². The number of sulfonamides is 1. The summed E-state index contributed by atoms with van der Waals surface area (Å²) in [7, 11) is -1.97. The van der Waals surface area contributed by atoms with E-state index in [1.807, 2.05) is 37.8 Å². The highest BCUT2D eigenvalue weighted by molar-refractivity contribution is 7.92. The Hall–Kier alpha value is -2.65. The number of thiazole rings is 1. The van der Waals surface area contributed by atoms with Gasteiger partial charge in [-0.2, -0.15) is 0 Å². The van der Waals surface area contributed by atoms with Crippen LogP contribution in [0.4, 0.5) is 5.69 Å². The quantitative estimate of drug-likeness (QED) is 0.624. The molecule has 1 amide bonds. The molecular weight excluding hydrogens is 432 g/mol. The molecule has 4 rings (SSSR count). The summed E-state index contributed by atoms with van der Waals surface area (Å²) in [4.78, 5) is 20.0. The second kappa shape index (κ2) is 8.12.